The average Bonchev–Trinajstić information content (AvgIpc) is 2.41. The maximum absolute atomic E-state index is 6.20. The van der Waals surface area contributed by atoms with Gasteiger partial charge in [-0.3, -0.25) is 0 Å². The van der Waals surface area contributed by atoms with E-state index in [0.29, 0.717) is 5.92 Å². The summed E-state index contributed by atoms with van der Waals surface area (Å²) in [4.78, 5) is 0. The molecular formula is C18H21Cl. The molecule has 2 aromatic rings. The van der Waals surface area contributed by atoms with E-state index in [1.54, 1.807) is 0 Å². The summed E-state index contributed by atoms with van der Waals surface area (Å²) in [5.41, 5.74) is 5.25. The molecule has 0 radical (unpaired) electrons. The van der Waals surface area contributed by atoms with E-state index in [4.69, 9.17) is 11.6 Å². The molecule has 0 spiro atoms. The molecule has 0 saturated carbocycles. The van der Waals surface area contributed by atoms with Crippen LogP contribution < -0.4 is 0 Å². The van der Waals surface area contributed by atoms with Crippen LogP contribution in [0, 0.1) is 6.92 Å². The molecule has 0 bridgehead atoms. The van der Waals surface area contributed by atoms with E-state index in [2.05, 4.69) is 57.2 Å². The predicted molar refractivity (Wildman–Crippen MR) is 84.9 cm³/mol. The molecule has 2 aromatic carbocycles. The third-order valence-corrected chi connectivity index (χ3v) is 4.00. The molecule has 0 aliphatic rings. The maximum atomic E-state index is 6.20. The van der Waals surface area contributed by atoms with Gasteiger partial charge in [-0.1, -0.05) is 61.3 Å². The van der Waals surface area contributed by atoms with Gasteiger partial charge < -0.3 is 0 Å². The van der Waals surface area contributed by atoms with E-state index in [9.17, 15) is 0 Å². The molecule has 0 amide bonds. The second-order valence-corrected chi connectivity index (χ2v) is 5.55. The number of hydrogen-bond acceptors (Lipinski definition) is 0. The Hall–Kier alpha value is -1.27. The molecule has 2 rings (SSSR count). The molecule has 0 N–H and O–H groups in total. The zero-order valence-electron chi connectivity index (χ0n) is 11.9. The minimum absolute atomic E-state index is 0.604. The lowest BCUT2D eigenvalue weighted by Crippen LogP contribution is -1.98. The number of aryl methyl sites for hydroxylation is 1. The zero-order valence-corrected chi connectivity index (χ0v) is 12.7. The van der Waals surface area contributed by atoms with Crippen LogP contribution in [0.25, 0.3) is 11.1 Å². The molecule has 0 aromatic heterocycles. The van der Waals surface area contributed by atoms with Crippen molar-refractivity contribution in [1.82, 2.24) is 0 Å². The van der Waals surface area contributed by atoms with Crippen LogP contribution in [0.3, 0.4) is 0 Å². The van der Waals surface area contributed by atoms with Crippen LogP contribution in [0.15, 0.2) is 42.5 Å². The van der Waals surface area contributed by atoms with Gasteiger partial charge in [0.15, 0.2) is 0 Å². The average molecular weight is 273 g/mol. The highest BCUT2D eigenvalue weighted by molar-refractivity contribution is 6.30. The number of rotatable bonds is 4. The fourth-order valence-corrected chi connectivity index (χ4v) is 2.85. The standard InChI is InChI=1S/C18H21Cl/c1-4-14(5-2)17-10-9-16(19)12-18(17)15-8-6-7-13(3)11-15/h6-12,14H,4-5H2,1-3H3. The molecule has 19 heavy (non-hydrogen) atoms. The van der Waals surface area contributed by atoms with Crippen molar-refractivity contribution < 1.29 is 0 Å². The van der Waals surface area contributed by atoms with Crippen LogP contribution >= 0.6 is 11.6 Å². The van der Waals surface area contributed by atoms with Gasteiger partial charge in [-0.25, -0.2) is 0 Å². The third-order valence-electron chi connectivity index (χ3n) is 3.77. The monoisotopic (exact) mass is 272 g/mol. The summed E-state index contributed by atoms with van der Waals surface area (Å²) < 4.78 is 0. The number of hydrogen-bond donors (Lipinski definition) is 0. The molecule has 0 atom stereocenters. The van der Waals surface area contributed by atoms with Crippen molar-refractivity contribution in [3.63, 3.8) is 0 Å². The molecule has 1 heteroatoms. The van der Waals surface area contributed by atoms with Gasteiger partial charge in [-0.05, 0) is 54.5 Å². The molecule has 0 fully saturated rings. The molecule has 0 unspecified atom stereocenters. The van der Waals surface area contributed by atoms with Gasteiger partial charge in [0, 0.05) is 5.02 Å². The predicted octanol–water partition coefficient (Wildman–Crippen LogP) is 6.22. The Kier molecular flexibility index (Phi) is 4.66. The first-order chi connectivity index (χ1) is 9.15. The van der Waals surface area contributed by atoms with E-state index < -0.39 is 0 Å². The smallest absolute Gasteiger partial charge is 0.0412 e. The van der Waals surface area contributed by atoms with Gasteiger partial charge in [0.05, 0.1) is 0 Å². The topological polar surface area (TPSA) is 0 Å². The lowest BCUT2D eigenvalue weighted by atomic mass is 9.87. The highest BCUT2D eigenvalue weighted by Crippen LogP contribution is 2.35. The van der Waals surface area contributed by atoms with Gasteiger partial charge in [0.25, 0.3) is 0 Å². The fraction of sp³-hybridized carbons (Fsp3) is 0.333. The minimum atomic E-state index is 0.604. The van der Waals surface area contributed by atoms with Crippen LogP contribution in [-0.2, 0) is 0 Å². The Labute approximate surface area is 121 Å². The van der Waals surface area contributed by atoms with E-state index in [0.717, 1.165) is 17.9 Å². The Morgan fingerprint density at radius 1 is 1.00 bits per heavy atom. The Bertz CT molecular complexity index is 553. The van der Waals surface area contributed by atoms with Crippen molar-refractivity contribution in [3.8, 4) is 11.1 Å². The molecule has 0 nitrogen and oxygen atoms in total. The molecule has 100 valence electrons. The van der Waals surface area contributed by atoms with E-state index in [1.165, 1.54) is 22.3 Å². The molecule has 0 heterocycles. The summed E-state index contributed by atoms with van der Waals surface area (Å²) in [6.45, 7) is 6.64. The summed E-state index contributed by atoms with van der Waals surface area (Å²) in [5, 5.41) is 0.811. The maximum Gasteiger partial charge on any atom is 0.0412 e. The van der Waals surface area contributed by atoms with Crippen molar-refractivity contribution in [1.29, 1.82) is 0 Å². The molecular weight excluding hydrogens is 252 g/mol. The summed E-state index contributed by atoms with van der Waals surface area (Å²) in [6, 6.07) is 14.9. The van der Waals surface area contributed by atoms with Gasteiger partial charge in [0.2, 0.25) is 0 Å². The summed E-state index contributed by atoms with van der Waals surface area (Å²) in [7, 11) is 0. The third kappa shape index (κ3) is 3.19. The van der Waals surface area contributed by atoms with Crippen LogP contribution in [-0.4, -0.2) is 0 Å². The minimum Gasteiger partial charge on any atom is -0.0843 e. The Morgan fingerprint density at radius 3 is 2.37 bits per heavy atom. The molecule has 0 saturated heterocycles. The highest BCUT2D eigenvalue weighted by Gasteiger charge is 2.13. The first kappa shape index (κ1) is 14.1. The zero-order chi connectivity index (χ0) is 13.8. The number of benzene rings is 2. The molecule has 0 aliphatic carbocycles. The first-order valence-corrected chi connectivity index (χ1v) is 7.40. The lowest BCUT2D eigenvalue weighted by Gasteiger charge is -2.18. The summed E-state index contributed by atoms with van der Waals surface area (Å²) in [5.74, 6) is 0.604. The number of halogens is 1. The molecule has 0 aliphatic heterocycles. The van der Waals surface area contributed by atoms with E-state index in [1.807, 2.05) is 6.07 Å². The highest BCUT2D eigenvalue weighted by atomic mass is 35.5. The fourth-order valence-electron chi connectivity index (χ4n) is 2.68. The SMILES string of the molecule is CCC(CC)c1ccc(Cl)cc1-c1cccc(C)c1. The van der Waals surface area contributed by atoms with Crippen molar-refractivity contribution in [3.05, 3.63) is 58.6 Å². The second-order valence-electron chi connectivity index (χ2n) is 5.11. The Morgan fingerprint density at radius 2 is 1.74 bits per heavy atom. The summed E-state index contributed by atoms with van der Waals surface area (Å²) in [6.07, 6.45) is 2.33. The quantitative estimate of drug-likeness (QED) is 0.620. The van der Waals surface area contributed by atoms with Gasteiger partial charge in [-0.2, -0.15) is 0 Å². The van der Waals surface area contributed by atoms with Crippen molar-refractivity contribution in [2.24, 2.45) is 0 Å². The Balaban J connectivity index is 2.57. The summed E-state index contributed by atoms with van der Waals surface area (Å²) >= 11 is 6.20. The normalized spacial score (nSPS) is 11.0. The van der Waals surface area contributed by atoms with Crippen LogP contribution in [0.1, 0.15) is 43.7 Å². The lowest BCUT2D eigenvalue weighted by molar-refractivity contribution is 0.643. The van der Waals surface area contributed by atoms with Crippen molar-refractivity contribution in [2.45, 2.75) is 39.5 Å². The van der Waals surface area contributed by atoms with Crippen LogP contribution in [0.5, 0.6) is 0 Å². The van der Waals surface area contributed by atoms with E-state index >= 15 is 0 Å². The van der Waals surface area contributed by atoms with Gasteiger partial charge >= 0.3 is 0 Å². The van der Waals surface area contributed by atoms with Crippen molar-refractivity contribution in [2.75, 3.05) is 0 Å². The second kappa shape index (κ2) is 6.25. The van der Waals surface area contributed by atoms with Crippen molar-refractivity contribution >= 4 is 11.6 Å². The van der Waals surface area contributed by atoms with Gasteiger partial charge in [0.1, 0.15) is 0 Å². The van der Waals surface area contributed by atoms with E-state index in [-0.39, 0.29) is 0 Å². The van der Waals surface area contributed by atoms with Crippen LogP contribution in [0.4, 0.5) is 0 Å². The largest absolute Gasteiger partial charge is 0.0843 e. The van der Waals surface area contributed by atoms with Crippen LogP contribution in [0.2, 0.25) is 5.02 Å². The van der Waals surface area contributed by atoms with Gasteiger partial charge in [-0.15, -0.1) is 0 Å². The first-order valence-electron chi connectivity index (χ1n) is 7.02.